The number of nitrogens with one attached hydrogen (secondary N) is 1. The van der Waals surface area contributed by atoms with Gasteiger partial charge in [0.25, 0.3) is 0 Å². The van der Waals surface area contributed by atoms with Crippen LogP contribution in [0.3, 0.4) is 0 Å². The Balaban J connectivity index is 1.35. The number of hydrogen-bond acceptors (Lipinski definition) is 4. The maximum Gasteiger partial charge on any atom is 0.335 e. The van der Waals surface area contributed by atoms with Crippen molar-refractivity contribution in [3.63, 3.8) is 0 Å². The molecule has 2 N–H and O–H groups in total. The van der Waals surface area contributed by atoms with Gasteiger partial charge in [0.1, 0.15) is 11.9 Å². The molecule has 0 amide bonds. The lowest BCUT2D eigenvalue weighted by molar-refractivity contribution is 0.0697. The van der Waals surface area contributed by atoms with E-state index in [9.17, 15) is 9.90 Å². The van der Waals surface area contributed by atoms with Crippen molar-refractivity contribution in [2.75, 3.05) is 18.0 Å². The molecule has 4 aromatic rings. The van der Waals surface area contributed by atoms with Gasteiger partial charge in [-0.25, -0.2) is 4.79 Å². The van der Waals surface area contributed by atoms with Gasteiger partial charge in [-0.2, -0.15) is 0 Å². The summed E-state index contributed by atoms with van der Waals surface area (Å²) in [5.41, 5.74) is 3.48. The molecule has 2 atom stereocenters. The number of nitrogens with zero attached hydrogens (tertiary/aromatic N) is 1. The van der Waals surface area contributed by atoms with Gasteiger partial charge in [0.15, 0.2) is 0 Å². The van der Waals surface area contributed by atoms with Crippen molar-refractivity contribution in [2.24, 2.45) is 0 Å². The average Bonchev–Trinajstić information content (AvgIpc) is 2.86. The SMILES string of the molecule is CC(NCC1CN(c2ccc(C(=O)O)cc2)c2ccccc2O1)c1cccc2ccccc12. The number of hydrogen-bond donors (Lipinski definition) is 2. The van der Waals surface area contributed by atoms with Crippen LogP contribution in [0.2, 0.25) is 0 Å². The third-order valence-corrected chi connectivity index (χ3v) is 6.20. The molecular formula is C28H26N2O3. The molecule has 1 heterocycles. The summed E-state index contributed by atoms with van der Waals surface area (Å²) in [5, 5.41) is 15.4. The summed E-state index contributed by atoms with van der Waals surface area (Å²) in [5.74, 6) is -0.0934. The van der Waals surface area contributed by atoms with Gasteiger partial charge in [-0.1, -0.05) is 54.6 Å². The zero-order chi connectivity index (χ0) is 22.8. The largest absolute Gasteiger partial charge is 0.485 e. The van der Waals surface area contributed by atoms with Crippen molar-refractivity contribution in [2.45, 2.75) is 19.1 Å². The fourth-order valence-electron chi connectivity index (χ4n) is 4.48. The molecule has 0 aromatic heterocycles. The van der Waals surface area contributed by atoms with Crippen LogP contribution in [0.1, 0.15) is 28.9 Å². The molecule has 5 heteroatoms. The fraction of sp³-hybridized carbons (Fsp3) is 0.179. The number of benzene rings is 4. The molecule has 0 saturated heterocycles. The Labute approximate surface area is 193 Å². The van der Waals surface area contributed by atoms with E-state index < -0.39 is 5.97 Å². The second-order valence-corrected chi connectivity index (χ2v) is 8.37. The third-order valence-electron chi connectivity index (χ3n) is 6.20. The minimum atomic E-state index is -0.923. The molecule has 2 unspecified atom stereocenters. The monoisotopic (exact) mass is 438 g/mol. The van der Waals surface area contributed by atoms with E-state index in [-0.39, 0.29) is 17.7 Å². The average molecular weight is 439 g/mol. The summed E-state index contributed by atoms with van der Waals surface area (Å²) in [4.78, 5) is 13.4. The second kappa shape index (κ2) is 8.96. The van der Waals surface area contributed by atoms with Crippen LogP contribution in [0.4, 0.5) is 11.4 Å². The molecule has 1 aliphatic heterocycles. The number of aromatic carboxylic acids is 1. The standard InChI is InChI=1S/C28H26N2O3/c1-19(24-10-6-8-20-7-2-3-9-25(20)24)29-17-23-18-30(26-11-4-5-12-27(26)33-23)22-15-13-21(14-16-22)28(31)32/h2-16,19,23,29H,17-18H2,1H3,(H,31,32). The van der Waals surface area contributed by atoms with Crippen LogP contribution in [-0.4, -0.2) is 30.3 Å². The van der Waals surface area contributed by atoms with Crippen molar-refractivity contribution < 1.29 is 14.6 Å². The predicted molar refractivity (Wildman–Crippen MR) is 132 cm³/mol. The summed E-state index contributed by atoms with van der Waals surface area (Å²) in [6, 6.07) is 30.0. The van der Waals surface area contributed by atoms with Gasteiger partial charge in [0, 0.05) is 18.3 Å². The van der Waals surface area contributed by atoms with Gasteiger partial charge in [-0.3, -0.25) is 0 Å². The molecule has 0 radical (unpaired) electrons. The minimum absolute atomic E-state index is 0.0588. The lowest BCUT2D eigenvalue weighted by Gasteiger charge is -2.37. The molecule has 33 heavy (non-hydrogen) atoms. The topological polar surface area (TPSA) is 61.8 Å². The smallest absolute Gasteiger partial charge is 0.335 e. The van der Waals surface area contributed by atoms with Crippen molar-refractivity contribution in [1.82, 2.24) is 5.32 Å². The molecule has 5 nitrogen and oxygen atoms in total. The molecule has 0 aliphatic carbocycles. The summed E-state index contributed by atoms with van der Waals surface area (Å²) >= 11 is 0. The quantitative estimate of drug-likeness (QED) is 0.399. The van der Waals surface area contributed by atoms with Gasteiger partial charge in [-0.15, -0.1) is 0 Å². The first-order valence-electron chi connectivity index (χ1n) is 11.2. The molecule has 5 rings (SSSR count). The van der Waals surface area contributed by atoms with Crippen LogP contribution in [0, 0.1) is 0 Å². The first-order chi connectivity index (χ1) is 16.1. The first kappa shape index (κ1) is 21.0. The highest BCUT2D eigenvalue weighted by molar-refractivity contribution is 5.88. The molecule has 0 spiro atoms. The number of carbonyl (C=O) groups is 1. The van der Waals surface area contributed by atoms with E-state index in [0.717, 1.165) is 17.1 Å². The highest BCUT2D eigenvalue weighted by Crippen LogP contribution is 2.38. The van der Waals surface area contributed by atoms with Gasteiger partial charge >= 0.3 is 5.97 Å². The zero-order valence-corrected chi connectivity index (χ0v) is 18.4. The molecule has 4 aromatic carbocycles. The lowest BCUT2D eigenvalue weighted by atomic mass is 9.99. The fourth-order valence-corrected chi connectivity index (χ4v) is 4.48. The maximum absolute atomic E-state index is 11.2. The molecule has 1 aliphatic rings. The lowest BCUT2D eigenvalue weighted by Crippen LogP contribution is -2.44. The summed E-state index contributed by atoms with van der Waals surface area (Å²) in [6.07, 6.45) is -0.0588. The Kier molecular flexibility index (Phi) is 5.71. The van der Waals surface area contributed by atoms with Crippen molar-refractivity contribution in [3.05, 3.63) is 102 Å². The van der Waals surface area contributed by atoms with Crippen molar-refractivity contribution in [3.8, 4) is 5.75 Å². The number of ether oxygens (including phenoxy) is 1. The van der Waals surface area contributed by atoms with E-state index in [2.05, 4.69) is 59.6 Å². The Bertz CT molecular complexity index is 1280. The number of anilines is 2. The van der Waals surface area contributed by atoms with E-state index in [0.29, 0.717) is 13.1 Å². The third kappa shape index (κ3) is 4.28. The van der Waals surface area contributed by atoms with E-state index >= 15 is 0 Å². The Morgan fingerprint density at radius 1 is 1.00 bits per heavy atom. The van der Waals surface area contributed by atoms with Crippen molar-refractivity contribution in [1.29, 1.82) is 0 Å². The van der Waals surface area contributed by atoms with Crippen LogP contribution in [0.5, 0.6) is 5.75 Å². The van der Waals surface area contributed by atoms with Crippen LogP contribution in [-0.2, 0) is 0 Å². The summed E-state index contributed by atoms with van der Waals surface area (Å²) in [7, 11) is 0. The second-order valence-electron chi connectivity index (χ2n) is 8.37. The number of para-hydroxylation sites is 2. The highest BCUT2D eigenvalue weighted by atomic mass is 16.5. The Morgan fingerprint density at radius 3 is 2.55 bits per heavy atom. The van der Waals surface area contributed by atoms with Gasteiger partial charge in [0.05, 0.1) is 17.8 Å². The molecule has 0 fully saturated rings. The Morgan fingerprint density at radius 2 is 1.73 bits per heavy atom. The number of carboxylic acid groups (broad SMARTS) is 1. The predicted octanol–water partition coefficient (Wildman–Crippen LogP) is 5.79. The van der Waals surface area contributed by atoms with E-state index in [1.165, 1.54) is 16.3 Å². The van der Waals surface area contributed by atoms with Gasteiger partial charge in [-0.05, 0) is 59.7 Å². The zero-order valence-electron chi connectivity index (χ0n) is 18.4. The maximum atomic E-state index is 11.2. The number of carboxylic acids is 1. The van der Waals surface area contributed by atoms with Crippen LogP contribution < -0.4 is 15.0 Å². The van der Waals surface area contributed by atoms with Crippen LogP contribution >= 0.6 is 0 Å². The number of fused-ring (bicyclic) bond motifs is 2. The molecule has 0 saturated carbocycles. The van der Waals surface area contributed by atoms with E-state index in [1.54, 1.807) is 12.1 Å². The normalized spacial score (nSPS) is 16.2. The van der Waals surface area contributed by atoms with Gasteiger partial charge < -0.3 is 20.1 Å². The van der Waals surface area contributed by atoms with E-state index in [4.69, 9.17) is 4.74 Å². The summed E-state index contributed by atoms with van der Waals surface area (Å²) < 4.78 is 6.32. The van der Waals surface area contributed by atoms with Gasteiger partial charge in [0.2, 0.25) is 0 Å². The Hall–Kier alpha value is -3.83. The van der Waals surface area contributed by atoms with Crippen LogP contribution in [0.25, 0.3) is 10.8 Å². The molecule has 0 bridgehead atoms. The first-order valence-corrected chi connectivity index (χ1v) is 11.2. The highest BCUT2D eigenvalue weighted by Gasteiger charge is 2.27. The molecular weight excluding hydrogens is 412 g/mol. The van der Waals surface area contributed by atoms with Crippen LogP contribution in [0.15, 0.2) is 91.0 Å². The minimum Gasteiger partial charge on any atom is -0.485 e. The molecule has 166 valence electrons. The summed E-state index contributed by atoms with van der Waals surface area (Å²) in [6.45, 7) is 3.53. The van der Waals surface area contributed by atoms with Crippen molar-refractivity contribution >= 4 is 28.1 Å². The van der Waals surface area contributed by atoms with E-state index in [1.807, 2.05) is 36.4 Å². The number of rotatable bonds is 6.